The van der Waals surface area contributed by atoms with E-state index in [4.69, 9.17) is 0 Å². The SMILES string of the molecule is OC1(c2cc(F)c(F)c(-c3ccccc3)c2)CC1. The van der Waals surface area contributed by atoms with Crippen LogP contribution in [0.4, 0.5) is 8.78 Å². The number of rotatable bonds is 2. The fourth-order valence-corrected chi connectivity index (χ4v) is 2.09. The highest BCUT2D eigenvalue weighted by atomic mass is 19.2. The Balaban J connectivity index is 2.17. The van der Waals surface area contributed by atoms with Crippen molar-refractivity contribution < 1.29 is 13.9 Å². The Hall–Kier alpha value is -1.74. The van der Waals surface area contributed by atoms with E-state index in [9.17, 15) is 13.9 Å². The molecule has 1 aliphatic carbocycles. The molecule has 2 aromatic carbocycles. The van der Waals surface area contributed by atoms with Crippen molar-refractivity contribution in [1.29, 1.82) is 0 Å². The summed E-state index contributed by atoms with van der Waals surface area (Å²) in [6, 6.07) is 11.4. The van der Waals surface area contributed by atoms with E-state index in [-0.39, 0.29) is 5.56 Å². The van der Waals surface area contributed by atoms with Crippen molar-refractivity contribution in [3.63, 3.8) is 0 Å². The Labute approximate surface area is 104 Å². The lowest BCUT2D eigenvalue weighted by atomic mass is 9.98. The van der Waals surface area contributed by atoms with Crippen LogP contribution in [0.15, 0.2) is 42.5 Å². The second-order valence-electron chi connectivity index (χ2n) is 4.72. The first-order valence-electron chi connectivity index (χ1n) is 5.87. The van der Waals surface area contributed by atoms with Crippen molar-refractivity contribution in [2.45, 2.75) is 18.4 Å². The molecular formula is C15H12F2O. The summed E-state index contributed by atoms with van der Waals surface area (Å²) < 4.78 is 27.4. The lowest BCUT2D eigenvalue weighted by molar-refractivity contribution is 0.151. The molecule has 0 atom stereocenters. The third-order valence-electron chi connectivity index (χ3n) is 3.37. The summed E-state index contributed by atoms with van der Waals surface area (Å²) in [7, 11) is 0. The van der Waals surface area contributed by atoms with Crippen molar-refractivity contribution in [2.24, 2.45) is 0 Å². The second-order valence-corrected chi connectivity index (χ2v) is 4.72. The predicted octanol–water partition coefficient (Wildman–Crippen LogP) is 3.61. The van der Waals surface area contributed by atoms with Crippen molar-refractivity contribution in [3.05, 3.63) is 59.7 Å². The van der Waals surface area contributed by atoms with Crippen LogP contribution in [-0.2, 0) is 5.60 Å². The molecule has 1 aliphatic rings. The largest absolute Gasteiger partial charge is 0.385 e. The standard InChI is InChI=1S/C15H12F2O/c16-13-9-11(15(18)6-7-15)8-12(14(13)17)10-4-2-1-3-5-10/h1-5,8-9,18H,6-7H2. The first-order valence-corrected chi connectivity index (χ1v) is 5.87. The van der Waals surface area contributed by atoms with Crippen molar-refractivity contribution in [1.82, 2.24) is 0 Å². The maximum atomic E-state index is 13.8. The van der Waals surface area contributed by atoms with Gasteiger partial charge in [-0.1, -0.05) is 30.3 Å². The fraction of sp³-hybridized carbons (Fsp3) is 0.200. The normalized spacial score (nSPS) is 16.6. The van der Waals surface area contributed by atoms with Gasteiger partial charge in [0.2, 0.25) is 0 Å². The minimum absolute atomic E-state index is 0.200. The summed E-state index contributed by atoms with van der Waals surface area (Å²) in [5.74, 6) is -1.78. The molecule has 0 spiro atoms. The highest BCUT2D eigenvalue weighted by Gasteiger charge is 2.42. The summed E-state index contributed by atoms with van der Waals surface area (Å²) in [6.07, 6.45) is 1.21. The second kappa shape index (κ2) is 3.89. The Morgan fingerprint density at radius 2 is 1.67 bits per heavy atom. The topological polar surface area (TPSA) is 20.2 Å². The van der Waals surface area contributed by atoms with E-state index in [2.05, 4.69) is 0 Å². The van der Waals surface area contributed by atoms with Gasteiger partial charge in [0, 0.05) is 5.56 Å². The molecule has 0 saturated heterocycles. The van der Waals surface area contributed by atoms with Gasteiger partial charge in [-0.15, -0.1) is 0 Å². The van der Waals surface area contributed by atoms with Crippen LogP contribution in [0.25, 0.3) is 11.1 Å². The average molecular weight is 246 g/mol. The highest BCUT2D eigenvalue weighted by Crippen LogP contribution is 2.46. The number of benzene rings is 2. The number of hydrogen-bond acceptors (Lipinski definition) is 1. The van der Waals surface area contributed by atoms with E-state index in [1.54, 1.807) is 30.3 Å². The van der Waals surface area contributed by atoms with Crippen molar-refractivity contribution in [3.8, 4) is 11.1 Å². The Kier molecular flexibility index (Phi) is 2.45. The lowest BCUT2D eigenvalue weighted by Crippen LogP contribution is -2.06. The molecule has 2 aromatic rings. The molecule has 1 nitrogen and oxygen atoms in total. The monoisotopic (exact) mass is 246 g/mol. The zero-order chi connectivity index (χ0) is 12.8. The first kappa shape index (κ1) is 11.4. The van der Waals surface area contributed by atoms with Gasteiger partial charge < -0.3 is 5.11 Å². The maximum absolute atomic E-state index is 13.8. The lowest BCUT2D eigenvalue weighted by Gasteiger charge is -2.12. The Bertz CT molecular complexity index is 589. The third-order valence-corrected chi connectivity index (χ3v) is 3.37. The van der Waals surface area contributed by atoms with Gasteiger partial charge in [0.25, 0.3) is 0 Å². The molecule has 0 unspecified atom stereocenters. The average Bonchev–Trinajstić information content (AvgIpc) is 3.13. The van der Waals surface area contributed by atoms with Crippen LogP contribution in [0.5, 0.6) is 0 Å². The molecule has 0 heterocycles. The molecule has 18 heavy (non-hydrogen) atoms. The summed E-state index contributed by atoms with van der Waals surface area (Å²) in [5, 5.41) is 10.00. The molecule has 0 aromatic heterocycles. The Morgan fingerprint density at radius 3 is 2.28 bits per heavy atom. The molecule has 0 radical (unpaired) electrons. The Morgan fingerprint density at radius 1 is 1.00 bits per heavy atom. The van der Waals surface area contributed by atoms with Crippen LogP contribution >= 0.6 is 0 Å². The quantitative estimate of drug-likeness (QED) is 0.858. The number of hydrogen-bond donors (Lipinski definition) is 1. The van der Waals surface area contributed by atoms with Crippen molar-refractivity contribution >= 4 is 0 Å². The van der Waals surface area contributed by atoms with E-state index >= 15 is 0 Å². The van der Waals surface area contributed by atoms with E-state index in [0.717, 1.165) is 6.07 Å². The van der Waals surface area contributed by atoms with Gasteiger partial charge in [-0.05, 0) is 36.1 Å². The van der Waals surface area contributed by atoms with Gasteiger partial charge in [0.05, 0.1) is 5.60 Å². The zero-order valence-electron chi connectivity index (χ0n) is 9.66. The summed E-state index contributed by atoms with van der Waals surface area (Å²) >= 11 is 0. The van der Waals surface area contributed by atoms with Crippen LogP contribution in [0.3, 0.4) is 0 Å². The summed E-state index contributed by atoms with van der Waals surface area (Å²) in [5.41, 5.74) is 0.309. The van der Waals surface area contributed by atoms with Gasteiger partial charge in [-0.3, -0.25) is 0 Å². The molecule has 1 saturated carbocycles. The van der Waals surface area contributed by atoms with Crippen LogP contribution in [0.1, 0.15) is 18.4 Å². The van der Waals surface area contributed by atoms with E-state index in [0.29, 0.717) is 24.0 Å². The van der Waals surface area contributed by atoms with Crippen LogP contribution in [0, 0.1) is 11.6 Å². The van der Waals surface area contributed by atoms with Gasteiger partial charge in [-0.25, -0.2) is 8.78 Å². The predicted molar refractivity (Wildman–Crippen MR) is 64.9 cm³/mol. The molecule has 1 N–H and O–H groups in total. The minimum atomic E-state index is -0.960. The van der Waals surface area contributed by atoms with Crippen molar-refractivity contribution in [2.75, 3.05) is 0 Å². The molecule has 0 aliphatic heterocycles. The smallest absolute Gasteiger partial charge is 0.166 e. The number of aliphatic hydroxyl groups is 1. The van der Waals surface area contributed by atoms with Gasteiger partial charge in [-0.2, -0.15) is 0 Å². The maximum Gasteiger partial charge on any atom is 0.166 e. The van der Waals surface area contributed by atoms with E-state index < -0.39 is 17.2 Å². The summed E-state index contributed by atoms with van der Waals surface area (Å²) in [6.45, 7) is 0. The van der Waals surface area contributed by atoms with Gasteiger partial charge >= 0.3 is 0 Å². The third kappa shape index (κ3) is 1.81. The molecule has 3 rings (SSSR count). The molecule has 92 valence electrons. The number of halogens is 2. The zero-order valence-corrected chi connectivity index (χ0v) is 9.66. The molecule has 1 fully saturated rings. The van der Waals surface area contributed by atoms with Gasteiger partial charge in [0.15, 0.2) is 11.6 Å². The van der Waals surface area contributed by atoms with E-state index in [1.807, 2.05) is 6.07 Å². The highest BCUT2D eigenvalue weighted by molar-refractivity contribution is 5.65. The van der Waals surface area contributed by atoms with Crippen LogP contribution in [-0.4, -0.2) is 5.11 Å². The van der Waals surface area contributed by atoms with Crippen LogP contribution < -0.4 is 0 Å². The first-order chi connectivity index (χ1) is 8.60. The fourth-order valence-electron chi connectivity index (χ4n) is 2.09. The molecule has 0 bridgehead atoms. The molecule has 3 heteroatoms. The molecular weight excluding hydrogens is 234 g/mol. The minimum Gasteiger partial charge on any atom is -0.385 e. The van der Waals surface area contributed by atoms with E-state index in [1.165, 1.54) is 0 Å². The van der Waals surface area contributed by atoms with Crippen LogP contribution in [0.2, 0.25) is 0 Å². The molecule has 0 amide bonds. The van der Waals surface area contributed by atoms with Gasteiger partial charge in [0.1, 0.15) is 0 Å². The summed E-state index contributed by atoms with van der Waals surface area (Å²) in [4.78, 5) is 0.